The van der Waals surface area contributed by atoms with Crippen molar-refractivity contribution in [3.63, 3.8) is 0 Å². The molecule has 2 aromatic carbocycles. The zero-order valence-corrected chi connectivity index (χ0v) is 15.9. The molecule has 0 aliphatic carbocycles. The molecule has 0 spiro atoms. The quantitative estimate of drug-likeness (QED) is 0.750. The molecule has 0 bridgehead atoms. The number of hydrogen-bond acceptors (Lipinski definition) is 4. The van der Waals surface area contributed by atoms with Gasteiger partial charge < -0.3 is 15.0 Å². The maximum absolute atomic E-state index is 12.9. The largest absolute Gasteiger partial charge is 0.477 e. The number of nitrogens with zero attached hydrogens (tertiary/aromatic N) is 1. The summed E-state index contributed by atoms with van der Waals surface area (Å²) in [5.74, 6) is -0.0243. The molecule has 6 nitrogen and oxygen atoms in total. The monoisotopic (exact) mass is 380 g/mol. The lowest BCUT2D eigenvalue weighted by Gasteiger charge is -2.34. The van der Waals surface area contributed by atoms with Gasteiger partial charge in [-0.2, -0.15) is 0 Å². The Bertz CT molecular complexity index is 851. The predicted molar refractivity (Wildman–Crippen MR) is 107 cm³/mol. The second kappa shape index (κ2) is 9.17. The highest BCUT2D eigenvalue weighted by atomic mass is 16.5. The highest BCUT2D eigenvalue weighted by molar-refractivity contribution is 6.02. The van der Waals surface area contributed by atoms with E-state index in [9.17, 15) is 14.4 Å². The van der Waals surface area contributed by atoms with Crippen molar-refractivity contribution in [1.29, 1.82) is 0 Å². The Hall–Kier alpha value is -3.15. The zero-order valence-electron chi connectivity index (χ0n) is 15.9. The highest BCUT2D eigenvalue weighted by Crippen LogP contribution is 2.33. The minimum absolute atomic E-state index is 0.0748. The third-order valence-corrected chi connectivity index (χ3v) is 4.58. The van der Waals surface area contributed by atoms with E-state index in [0.717, 1.165) is 6.42 Å². The Balaban J connectivity index is 1.70. The van der Waals surface area contributed by atoms with Crippen LogP contribution in [0.4, 0.5) is 5.69 Å². The van der Waals surface area contributed by atoms with E-state index >= 15 is 0 Å². The van der Waals surface area contributed by atoms with Crippen molar-refractivity contribution < 1.29 is 19.1 Å². The van der Waals surface area contributed by atoms with Gasteiger partial charge in [0.2, 0.25) is 5.91 Å². The van der Waals surface area contributed by atoms with Crippen LogP contribution in [0.25, 0.3) is 0 Å². The first kappa shape index (κ1) is 19.6. The van der Waals surface area contributed by atoms with E-state index in [1.54, 1.807) is 47.4 Å². The number of nitrogens with one attached hydrogen (secondary N) is 1. The van der Waals surface area contributed by atoms with Gasteiger partial charge in [0.25, 0.3) is 5.91 Å². The third kappa shape index (κ3) is 4.57. The van der Waals surface area contributed by atoms with Crippen molar-refractivity contribution in [3.8, 4) is 5.75 Å². The lowest BCUT2D eigenvalue weighted by atomic mass is 10.1. The molecule has 1 aliphatic heterocycles. The minimum atomic E-state index is -0.768. The lowest BCUT2D eigenvalue weighted by Crippen LogP contribution is -2.50. The first-order chi connectivity index (χ1) is 13.6. The van der Waals surface area contributed by atoms with E-state index < -0.39 is 6.10 Å². The molecule has 2 amide bonds. The van der Waals surface area contributed by atoms with E-state index in [-0.39, 0.29) is 37.0 Å². The topological polar surface area (TPSA) is 75.7 Å². The van der Waals surface area contributed by atoms with Crippen molar-refractivity contribution in [3.05, 3.63) is 60.2 Å². The van der Waals surface area contributed by atoms with Crippen LogP contribution in [0.15, 0.2) is 54.6 Å². The summed E-state index contributed by atoms with van der Waals surface area (Å²) < 4.78 is 5.79. The molecular formula is C22H24N2O4. The van der Waals surface area contributed by atoms with Crippen molar-refractivity contribution in [2.24, 2.45) is 0 Å². The summed E-state index contributed by atoms with van der Waals surface area (Å²) in [6.45, 7) is 2.65. The van der Waals surface area contributed by atoms with Gasteiger partial charge in [-0.1, -0.05) is 49.4 Å². The molecule has 0 radical (unpaired) electrons. The molecular weight excluding hydrogens is 356 g/mol. The molecule has 2 aromatic rings. The lowest BCUT2D eigenvalue weighted by molar-refractivity contribution is -0.128. The van der Waals surface area contributed by atoms with Crippen LogP contribution in [0.2, 0.25) is 0 Å². The first-order valence-electron chi connectivity index (χ1n) is 9.52. The third-order valence-electron chi connectivity index (χ3n) is 4.58. The van der Waals surface area contributed by atoms with Crippen LogP contribution >= 0.6 is 0 Å². The summed E-state index contributed by atoms with van der Waals surface area (Å²) in [6, 6.07) is 16.1. The summed E-state index contributed by atoms with van der Waals surface area (Å²) >= 11 is 0. The van der Waals surface area contributed by atoms with Crippen LogP contribution in [0.3, 0.4) is 0 Å². The average Bonchev–Trinajstić information content (AvgIpc) is 2.75. The molecule has 1 N–H and O–H groups in total. The maximum Gasteiger partial charge on any atom is 0.262 e. The number of ketones is 1. The first-order valence-corrected chi connectivity index (χ1v) is 9.52. The summed E-state index contributed by atoms with van der Waals surface area (Å²) in [4.78, 5) is 39.1. The van der Waals surface area contributed by atoms with E-state index in [0.29, 0.717) is 23.5 Å². The van der Waals surface area contributed by atoms with Crippen LogP contribution in [-0.2, 0) is 9.59 Å². The van der Waals surface area contributed by atoms with Crippen LogP contribution in [0.5, 0.6) is 5.75 Å². The van der Waals surface area contributed by atoms with E-state index in [2.05, 4.69) is 5.32 Å². The molecule has 1 atom stereocenters. The molecule has 3 rings (SSSR count). The molecule has 1 heterocycles. The number of carbonyl (C=O) groups is 3. The van der Waals surface area contributed by atoms with Crippen molar-refractivity contribution in [1.82, 2.24) is 5.32 Å². The number of ether oxygens (including phenoxy) is 1. The number of Topliss-reactive ketones (excluding diaryl/α,β-unsaturated/α-hetero) is 1. The van der Waals surface area contributed by atoms with Gasteiger partial charge in [-0.05, 0) is 18.6 Å². The fourth-order valence-electron chi connectivity index (χ4n) is 3.09. The number of fused-ring (bicyclic) bond motifs is 1. The van der Waals surface area contributed by atoms with Crippen molar-refractivity contribution in [2.45, 2.75) is 32.3 Å². The molecule has 0 fully saturated rings. The summed E-state index contributed by atoms with van der Waals surface area (Å²) in [5.41, 5.74) is 1.22. The number of benzene rings is 2. The molecule has 0 saturated carbocycles. The van der Waals surface area contributed by atoms with Crippen LogP contribution in [0, 0.1) is 0 Å². The molecule has 146 valence electrons. The van der Waals surface area contributed by atoms with Crippen LogP contribution < -0.4 is 15.0 Å². The average molecular weight is 380 g/mol. The van der Waals surface area contributed by atoms with E-state index in [1.807, 2.05) is 19.1 Å². The Labute approximate surface area is 164 Å². The van der Waals surface area contributed by atoms with Gasteiger partial charge in [0, 0.05) is 24.9 Å². The van der Waals surface area contributed by atoms with E-state index in [4.69, 9.17) is 4.74 Å². The molecule has 1 aliphatic rings. The molecule has 0 aromatic heterocycles. The van der Waals surface area contributed by atoms with Gasteiger partial charge in [0.05, 0.1) is 12.2 Å². The second-order valence-electron chi connectivity index (χ2n) is 6.66. The molecule has 6 heteroatoms. The Morgan fingerprint density at radius 3 is 2.50 bits per heavy atom. The maximum atomic E-state index is 12.9. The van der Waals surface area contributed by atoms with Gasteiger partial charge in [-0.3, -0.25) is 14.4 Å². The fourth-order valence-corrected chi connectivity index (χ4v) is 3.09. The van der Waals surface area contributed by atoms with Gasteiger partial charge in [-0.15, -0.1) is 0 Å². The molecule has 28 heavy (non-hydrogen) atoms. The standard InChI is InChI=1S/C22H24N2O4/c1-2-14-23-22(27)20-15-24(17-10-6-7-11-19(17)28-20)21(26)13-12-18(25)16-8-4-3-5-9-16/h3-11,20H,2,12-15H2,1H3,(H,23,27)/t20-/m0/s1. The Morgan fingerprint density at radius 2 is 1.75 bits per heavy atom. The summed E-state index contributed by atoms with van der Waals surface area (Å²) in [5, 5.41) is 2.81. The Morgan fingerprint density at radius 1 is 1.04 bits per heavy atom. The predicted octanol–water partition coefficient (Wildman–Crippen LogP) is 2.97. The second-order valence-corrected chi connectivity index (χ2v) is 6.66. The number of anilines is 1. The molecule has 0 saturated heterocycles. The van der Waals surface area contributed by atoms with Gasteiger partial charge in [0.1, 0.15) is 5.75 Å². The van der Waals surface area contributed by atoms with Gasteiger partial charge >= 0.3 is 0 Å². The number of para-hydroxylation sites is 2. The number of rotatable bonds is 7. The number of amides is 2. The fraction of sp³-hybridized carbons (Fsp3) is 0.318. The SMILES string of the molecule is CCCNC(=O)[C@@H]1CN(C(=O)CCC(=O)c2ccccc2)c2ccccc2O1. The van der Waals surface area contributed by atoms with Gasteiger partial charge in [0.15, 0.2) is 11.9 Å². The number of hydrogen-bond donors (Lipinski definition) is 1. The zero-order chi connectivity index (χ0) is 19.9. The number of carbonyl (C=O) groups excluding carboxylic acids is 3. The summed E-state index contributed by atoms with van der Waals surface area (Å²) in [6.07, 6.45) is 0.245. The minimum Gasteiger partial charge on any atom is -0.477 e. The van der Waals surface area contributed by atoms with Gasteiger partial charge in [-0.25, -0.2) is 0 Å². The summed E-state index contributed by atoms with van der Waals surface area (Å²) in [7, 11) is 0. The van der Waals surface area contributed by atoms with E-state index in [1.165, 1.54) is 0 Å². The van der Waals surface area contributed by atoms with Crippen LogP contribution in [0.1, 0.15) is 36.5 Å². The normalized spacial score (nSPS) is 15.3. The Kier molecular flexibility index (Phi) is 6.42. The van der Waals surface area contributed by atoms with Crippen molar-refractivity contribution >= 4 is 23.3 Å². The highest BCUT2D eigenvalue weighted by Gasteiger charge is 2.33. The smallest absolute Gasteiger partial charge is 0.262 e. The van der Waals surface area contributed by atoms with Crippen molar-refractivity contribution in [2.75, 3.05) is 18.0 Å². The molecule has 0 unspecified atom stereocenters. The van der Waals surface area contributed by atoms with Crippen LogP contribution in [-0.4, -0.2) is 36.8 Å².